The fraction of sp³-hybridized carbons (Fsp3) is 0.588. The first kappa shape index (κ1) is 21.7. The normalized spacial score (nSPS) is 17.0. The molecule has 0 bridgehead atoms. The van der Waals surface area contributed by atoms with Gasteiger partial charge in [0, 0.05) is 32.3 Å². The molecule has 1 saturated heterocycles. The molecular formula is C17H27ClN2O4S. The molecule has 1 aliphatic heterocycles. The molecule has 1 aliphatic rings. The maximum absolute atomic E-state index is 12.1. The Hall–Kier alpha value is -1.31. The van der Waals surface area contributed by atoms with Gasteiger partial charge in [-0.15, -0.1) is 12.4 Å². The molecule has 0 spiro atoms. The lowest BCUT2D eigenvalue weighted by Gasteiger charge is -2.23. The number of sulfone groups is 1. The Balaban J connectivity index is 0.00000312. The minimum atomic E-state index is -3.18. The van der Waals surface area contributed by atoms with Crippen molar-refractivity contribution in [3.8, 4) is 5.75 Å². The van der Waals surface area contributed by atoms with Crippen LogP contribution in [0.1, 0.15) is 25.7 Å². The van der Waals surface area contributed by atoms with E-state index in [1.165, 1.54) is 6.26 Å². The third kappa shape index (κ3) is 6.84. The van der Waals surface area contributed by atoms with Crippen LogP contribution in [0.3, 0.4) is 0 Å². The summed E-state index contributed by atoms with van der Waals surface area (Å²) in [4.78, 5) is 14.2. The standard InChI is InChI=1S/C17H26N2O4S.ClH/c1-19(14-10-11-18-13-14)17(20)5-3-4-12-23-15-6-8-16(9-7-15)24(2,21)22;/h6-9,14,18H,3-5,10-13H2,1-2H3;1H. The van der Waals surface area contributed by atoms with Crippen LogP contribution in [0.5, 0.6) is 5.75 Å². The number of benzene rings is 1. The van der Waals surface area contributed by atoms with Gasteiger partial charge in [0.05, 0.1) is 11.5 Å². The highest BCUT2D eigenvalue weighted by Crippen LogP contribution is 2.16. The van der Waals surface area contributed by atoms with E-state index in [1.807, 2.05) is 11.9 Å². The van der Waals surface area contributed by atoms with Crippen molar-refractivity contribution >= 4 is 28.2 Å². The Labute approximate surface area is 156 Å². The highest BCUT2D eigenvalue weighted by Gasteiger charge is 2.22. The molecule has 1 unspecified atom stereocenters. The van der Waals surface area contributed by atoms with Crippen molar-refractivity contribution in [2.24, 2.45) is 0 Å². The van der Waals surface area contributed by atoms with E-state index in [9.17, 15) is 13.2 Å². The molecule has 25 heavy (non-hydrogen) atoms. The molecule has 2 rings (SSSR count). The largest absolute Gasteiger partial charge is 0.494 e. The van der Waals surface area contributed by atoms with Crippen LogP contribution in [-0.2, 0) is 14.6 Å². The van der Waals surface area contributed by atoms with Gasteiger partial charge in [0.15, 0.2) is 9.84 Å². The zero-order valence-electron chi connectivity index (χ0n) is 14.7. The van der Waals surface area contributed by atoms with Gasteiger partial charge < -0.3 is 15.0 Å². The number of likely N-dealkylation sites (N-methyl/N-ethyl adjacent to an activating group) is 1. The highest BCUT2D eigenvalue weighted by atomic mass is 35.5. The molecule has 0 aromatic heterocycles. The van der Waals surface area contributed by atoms with Crippen molar-refractivity contribution in [1.82, 2.24) is 10.2 Å². The number of hydrogen-bond acceptors (Lipinski definition) is 5. The van der Waals surface area contributed by atoms with Crippen LogP contribution in [0.4, 0.5) is 0 Å². The molecule has 1 fully saturated rings. The lowest BCUT2D eigenvalue weighted by Crippen LogP contribution is -2.38. The van der Waals surface area contributed by atoms with Gasteiger partial charge in [-0.1, -0.05) is 0 Å². The number of amides is 1. The summed E-state index contributed by atoms with van der Waals surface area (Å²) in [6.07, 6.45) is 4.30. The number of nitrogens with zero attached hydrogens (tertiary/aromatic N) is 1. The molecule has 142 valence electrons. The summed E-state index contributed by atoms with van der Waals surface area (Å²) >= 11 is 0. The lowest BCUT2D eigenvalue weighted by atomic mass is 10.2. The summed E-state index contributed by atoms with van der Waals surface area (Å²) in [5, 5.41) is 3.26. The van der Waals surface area contributed by atoms with Crippen molar-refractivity contribution in [1.29, 1.82) is 0 Å². The van der Waals surface area contributed by atoms with Gasteiger partial charge in [0.2, 0.25) is 5.91 Å². The number of hydrogen-bond donors (Lipinski definition) is 1. The van der Waals surface area contributed by atoms with Crippen molar-refractivity contribution < 1.29 is 17.9 Å². The Morgan fingerprint density at radius 1 is 1.28 bits per heavy atom. The van der Waals surface area contributed by atoms with Crippen molar-refractivity contribution in [2.75, 3.05) is 33.0 Å². The molecule has 1 aromatic carbocycles. The maximum Gasteiger partial charge on any atom is 0.222 e. The average Bonchev–Trinajstić information content (AvgIpc) is 3.07. The Morgan fingerprint density at radius 3 is 2.52 bits per heavy atom. The number of unbranched alkanes of at least 4 members (excludes halogenated alkanes) is 1. The minimum Gasteiger partial charge on any atom is -0.494 e. The summed E-state index contributed by atoms with van der Waals surface area (Å²) in [5.74, 6) is 0.823. The maximum atomic E-state index is 12.1. The molecule has 1 atom stereocenters. The Morgan fingerprint density at radius 2 is 1.96 bits per heavy atom. The molecule has 0 saturated carbocycles. The number of carbonyl (C=O) groups is 1. The number of ether oxygens (including phenoxy) is 1. The molecule has 8 heteroatoms. The van der Waals surface area contributed by atoms with Crippen LogP contribution in [0, 0.1) is 0 Å². The molecule has 1 amide bonds. The molecule has 1 N–H and O–H groups in total. The van der Waals surface area contributed by atoms with E-state index < -0.39 is 9.84 Å². The van der Waals surface area contributed by atoms with E-state index in [1.54, 1.807) is 24.3 Å². The molecular weight excluding hydrogens is 364 g/mol. The van der Waals surface area contributed by atoms with Gasteiger partial charge in [0.25, 0.3) is 0 Å². The average molecular weight is 391 g/mol. The fourth-order valence-electron chi connectivity index (χ4n) is 2.70. The second-order valence-corrected chi connectivity index (χ2v) is 8.22. The third-order valence-corrected chi connectivity index (χ3v) is 5.41. The van der Waals surface area contributed by atoms with Crippen LogP contribution in [0.25, 0.3) is 0 Å². The number of carbonyl (C=O) groups excluding carboxylic acids is 1. The first-order valence-corrected chi connectivity index (χ1v) is 10.2. The summed E-state index contributed by atoms with van der Waals surface area (Å²) in [5.41, 5.74) is 0. The second-order valence-electron chi connectivity index (χ2n) is 6.20. The zero-order chi connectivity index (χ0) is 17.6. The molecule has 0 radical (unpaired) electrons. The lowest BCUT2D eigenvalue weighted by molar-refractivity contribution is -0.131. The first-order valence-electron chi connectivity index (χ1n) is 8.27. The quantitative estimate of drug-likeness (QED) is 0.686. The van der Waals surface area contributed by atoms with E-state index in [-0.39, 0.29) is 23.2 Å². The summed E-state index contributed by atoms with van der Waals surface area (Å²) in [6.45, 7) is 2.38. The second kappa shape index (κ2) is 9.99. The Bertz CT molecular complexity index is 643. The number of rotatable bonds is 8. The van der Waals surface area contributed by atoms with Crippen molar-refractivity contribution in [2.45, 2.75) is 36.6 Å². The van der Waals surface area contributed by atoms with Gasteiger partial charge in [0.1, 0.15) is 5.75 Å². The zero-order valence-corrected chi connectivity index (χ0v) is 16.4. The van der Waals surface area contributed by atoms with Crippen molar-refractivity contribution in [3.05, 3.63) is 24.3 Å². The van der Waals surface area contributed by atoms with Crippen LogP contribution >= 0.6 is 12.4 Å². The van der Waals surface area contributed by atoms with E-state index in [2.05, 4.69) is 5.32 Å². The predicted molar refractivity (Wildman–Crippen MR) is 100 cm³/mol. The van der Waals surface area contributed by atoms with Gasteiger partial charge in [-0.25, -0.2) is 8.42 Å². The smallest absolute Gasteiger partial charge is 0.222 e. The van der Waals surface area contributed by atoms with Crippen molar-refractivity contribution in [3.63, 3.8) is 0 Å². The first-order chi connectivity index (χ1) is 11.4. The van der Waals surface area contributed by atoms with Crippen LogP contribution in [0.2, 0.25) is 0 Å². The van der Waals surface area contributed by atoms with E-state index in [0.717, 1.165) is 32.4 Å². The van der Waals surface area contributed by atoms with Crippen LogP contribution < -0.4 is 10.1 Å². The molecule has 6 nitrogen and oxygen atoms in total. The third-order valence-electron chi connectivity index (χ3n) is 4.28. The fourth-order valence-corrected chi connectivity index (χ4v) is 3.33. The number of halogens is 1. The summed E-state index contributed by atoms with van der Waals surface area (Å²) in [6, 6.07) is 6.71. The van der Waals surface area contributed by atoms with Crippen LogP contribution in [0.15, 0.2) is 29.2 Å². The predicted octanol–water partition coefficient (Wildman–Crippen LogP) is 1.88. The van der Waals surface area contributed by atoms with Gasteiger partial charge in [-0.05, 0) is 50.1 Å². The van der Waals surface area contributed by atoms with E-state index in [4.69, 9.17) is 4.74 Å². The van der Waals surface area contributed by atoms with Gasteiger partial charge >= 0.3 is 0 Å². The number of nitrogens with one attached hydrogen (secondary N) is 1. The molecule has 1 heterocycles. The Kier molecular flexibility index (Phi) is 8.68. The molecule has 1 aromatic rings. The SMILES string of the molecule is CN(C(=O)CCCCOc1ccc(S(C)(=O)=O)cc1)C1CCNC1.Cl. The monoisotopic (exact) mass is 390 g/mol. The molecule has 0 aliphatic carbocycles. The summed E-state index contributed by atoms with van der Waals surface area (Å²) in [7, 11) is -1.30. The van der Waals surface area contributed by atoms with Gasteiger partial charge in [-0.3, -0.25) is 4.79 Å². The highest BCUT2D eigenvalue weighted by molar-refractivity contribution is 7.90. The van der Waals surface area contributed by atoms with Gasteiger partial charge in [-0.2, -0.15) is 0 Å². The topological polar surface area (TPSA) is 75.7 Å². The minimum absolute atomic E-state index is 0. The van der Waals surface area contributed by atoms with Crippen LogP contribution in [-0.4, -0.2) is 58.3 Å². The van der Waals surface area contributed by atoms with E-state index in [0.29, 0.717) is 24.8 Å². The van der Waals surface area contributed by atoms with E-state index >= 15 is 0 Å². The summed E-state index contributed by atoms with van der Waals surface area (Å²) < 4.78 is 28.3.